The molecule has 0 atom stereocenters. The molecule has 0 aromatic carbocycles. The highest BCUT2D eigenvalue weighted by atomic mass is 16.3. The summed E-state index contributed by atoms with van der Waals surface area (Å²) in [6.07, 6.45) is 7.05. The Morgan fingerprint density at radius 1 is 1.47 bits per heavy atom. The van der Waals surface area contributed by atoms with Gasteiger partial charge in [0, 0.05) is 18.2 Å². The SMILES string of the molecule is O=C(NCC1(CO)CCCCC1)c1ccn[nH]1. The largest absolute Gasteiger partial charge is 0.396 e. The zero-order valence-electron chi connectivity index (χ0n) is 9.91. The molecule has 0 bridgehead atoms. The predicted molar refractivity (Wildman–Crippen MR) is 63.5 cm³/mol. The first kappa shape index (κ1) is 12.1. The fourth-order valence-electron chi connectivity index (χ4n) is 2.44. The molecule has 3 N–H and O–H groups in total. The quantitative estimate of drug-likeness (QED) is 0.733. The van der Waals surface area contributed by atoms with E-state index in [0.717, 1.165) is 25.7 Å². The maximum Gasteiger partial charge on any atom is 0.269 e. The highest BCUT2D eigenvalue weighted by molar-refractivity contribution is 5.92. The van der Waals surface area contributed by atoms with Crippen LogP contribution < -0.4 is 5.32 Å². The normalized spacial score (nSPS) is 18.9. The van der Waals surface area contributed by atoms with E-state index in [9.17, 15) is 9.90 Å². The number of aliphatic hydroxyl groups is 1. The molecular formula is C12H19N3O2. The van der Waals surface area contributed by atoms with E-state index in [1.165, 1.54) is 6.42 Å². The number of nitrogens with one attached hydrogen (secondary N) is 2. The summed E-state index contributed by atoms with van der Waals surface area (Å²) in [6, 6.07) is 1.64. The summed E-state index contributed by atoms with van der Waals surface area (Å²) in [6.45, 7) is 0.692. The summed E-state index contributed by atoms with van der Waals surface area (Å²) in [4.78, 5) is 11.7. The molecule has 2 rings (SSSR count). The van der Waals surface area contributed by atoms with Crippen LogP contribution in [0, 0.1) is 5.41 Å². The van der Waals surface area contributed by atoms with Gasteiger partial charge < -0.3 is 10.4 Å². The summed E-state index contributed by atoms with van der Waals surface area (Å²) in [7, 11) is 0. The van der Waals surface area contributed by atoms with Crippen molar-refractivity contribution in [3.05, 3.63) is 18.0 Å². The van der Waals surface area contributed by atoms with Crippen LogP contribution in [0.1, 0.15) is 42.6 Å². The lowest BCUT2D eigenvalue weighted by molar-refractivity contribution is 0.0715. The Balaban J connectivity index is 1.89. The maximum atomic E-state index is 11.7. The smallest absolute Gasteiger partial charge is 0.269 e. The third-order valence-electron chi connectivity index (χ3n) is 3.62. The lowest BCUT2D eigenvalue weighted by Crippen LogP contribution is -2.41. The molecule has 94 valence electrons. The average molecular weight is 237 g/mol. The maximum absolute atomic E-state index is 11.7. The number of amides is 1. The number of carbonyl (C=O) groups is 1. The van der Waals surface area contributed by atoms with Gasteiger partial charge in [0.25, 0.3) is 5.91 Å². The van der Waals surface area contributed by atoms with Crippen LogP contribution in [-0.2, 0) is 0 Å². The van der Waals surface area contributed by atoms with Crippen LogP contribution in [0.15, 0.2) is 12.3 Å². The van der Waals surface area contributed by atoms with Crippen molar-refractivity contribution >= 4 is 5.91 Å². The molecule has 1 aromatic rings. The molecule has 0 radical (unpaired) electrons. The van der Waals surface area contributed by atoms with Crippen LogP contribution in [0.3, 0.4) is 0 Å². The molecule has 1 fully saturated rings. The monoisotopic (exact) mass is 237 g/mol. The first-order valence-electron chi connectivity index (χ1n) is 6.14. The molecule has 1 heterocycles. The molecule has 1 amide bonds. The molecule has 0 unspecified atom stereocenters. The van der Waals surface area contributed by atoms with Gasteiger partial charge in [-0.1, -0.05) is 19.3 Å². The summed E-state index contributed by atoms with van der Waals surface area (Å²) < 4.78 is 0. The molecule has 0 saturated heterocycles. The van der Waals surface area contributed by atoms with Crippen molar-refractivity contribution < 1.29 is 9.90 Å². The second-order valence-electron chi connectivity index (χ2n) is 4.87. The second-order valence-corrected chi connectivity index (χ2v) is 4.87. The molecule has 0 spiro atoms. The number of nitrogens with zero attached hydrogens (tertiary/aromatic N) is 1. The van der Waals surface area contributed by atoms with Crippen molar-refractivity contribution in [3.8, 4) is 0 Å². The summed E-state index contributed by atoms with van der Waals surface area (Å²) in [5.41, 5.74) is 0.349. The first-order chi connectivity index (χ1) is 8.26. The summed E-state index contributed by atoms with van der Waals surface area (Å²) in [5.74, 6) is -0.152. The number of hydrogen-bond donors (Lipinski definition) is 3. The van der Waals surface area contributed by atoms with Gasteiger partial charge in [0.15, 0.2) is 0 Å². The molecule has 1 aromatic heterocycles. The number of aromatic nitrogens is 2. The highest BCUT2D eigenvalue weighted by Gasteiger charge is 2.31. The minimum atomic E-state index is -0.152. The van der Waals surface area contributed by atoms with Gasteiger partial charge >= 0.3 is 0 Å². The van der Waals surface area contributed by atoms with E-state index in [-0.39, 0.29) is 17.9 Å². The lowest BCUT2D eigenvalue weighted by Gasteiger charge is -2.35. The van der Waals surface area contributed by atoms with E-state index in [0.29, 0.717) is 12.2 Å². The molecule has 0 aliphatic heterocycles. The van der Waals surface area contributed by atoms with Crippen LogP contribution in [-0.4, -0.2) is 34.4 Å². The third-order valence-corrected chi connectivity index (χ3v) is 3.62. The Hall–Kier alpha value is -1.36. The fourth-order valence-corrected chi connectivity index (χ4v) is 2.44. The van der Waals surface area contributed by atoms with Crippen LogP contribution in [0.5, 0.6) is 0 Å². The van der Waals surface area contributed by atoms with E-state index < -0.39 is 0 Å². The molecule has 1 saturated carbocycles. The standard InChI is InChI=1S/C12H19N3O2/c16-9-12(5-2-1-3-6-12)8-13-11(17)10-4-7-14-15-10/h4,7,16H,1-3,5-6,8-9H2,(H,13,17)(H,14,15). The van der Waals surface area contributed by atoms with E-state index in [4.69, 9.17) is 0 Å². The Kier molecular flexibility index (Phi) is 3.78. The van der Waals surface area contributed by atoms with Gasteiger partial charge in [-0.05, 0) is 18.9 Å². The van der Waals surface area contributed by atoms with Crippen LogP contribution >= 0.6 is 0 Å². The minimum absolute atomic E-state index is 0.117. The number of aliphatic hydroxyl groups excluding tert-OH is 1. The van der Waals surface area contributed by atoms with Gasteiger partial charge in [-0.25, -0.2) is 0 Å². The predicted octanol–water partition coefficient (Wildman–Crippen LogP) is 1.08. The van der Waals surface area contributed by atoms with E-state index >= 15 is 0 Å². The van der Waals surface area contributed by atoms with Crippen molar-refractivity contribution in [2.45, 2.75) is 32.1 Å². The highest BCUT2D eigenvalue weighted by Crippen LogP contribution is 2.35. The van der Waals surface area contributed by atoms with Crippen molar-refractivity contribution in [1.82, 2.24) is 15.5 Å². The lowest BCUT2D eigenvalue weighted by atomic mass is 9.74. The Morgan fingerprint density at radius 3 is 2.82 bits per heavy atom. The number of rotatable bonds is 4. The van der Waals surface area contributed by atoms with Gasteiger partial charge in [0.1, 0.15) is 5.69 Å². The minimum Gasteiger partial charge on any atom is -0.396 e. The van der Waals surface area contributed by atoms with E-state index in [1.807, 2.05) is 0 Å². The average Bonchev–Trinajstić information content (AvgIpc) is 2.91. The van der Waals surface area contributed by atoms with Crippen molar-refractivity contribution in [1.29, 1.82) is 0 Å². The van der Waals surface area contributed by atoms with E-state index in [1.54, 1.807) is 12.3 Å². The van der Waals surface area contributed by atoms with Crippen molar-refractivity contribution in [3.63, 3.8) is 0 Å². The van der Waals surface area contributed by atoms with Crippen molar-refractivity contribution in [2.75, 3.05) is 13.2 Å². The molecule has 17 heavy (non-hydrogen) atoms. The topological polar surface area (TPSA) is 78.0 Å². The van der Waals surface area contributed by atoms with Gasteiger partial charge in [0.2, 0.25) is 0 Å². The Morgan fingerprint density at radius 2 is 2.24 bits per heavy atom. The van der Waals surface area contributed by atoms with Gasteiger partial charge in [0.05, 0.1) is 6.61 Å². The van der Waals surface area contributed by atoms with Crippen LogP contribution in [0.25, 0.3) is 0 Å². The summed E-state index contributed by atoms with van der Waals surface area (Å²) in [5, 5.41) is 18.8. The molecule has 1 aliphatic carbocycles. The molecular weight excluding hydrogens is 218 g/mol. The number of H-pyrrole nitrogens is 1. The van der Waals surface area contributed by atoms with Gasteiger partial charge in [-0.3, -0.25) is 9.89 Å². The zero-order chi connectivity index (χ0) is 12.1. The van der Waals surface area contributed by atoms with Crippen LogP contribution in [0.4, 0.5) is 0 Å². The first-order valence-corrected chi connectivity index (χ1v) is 6.14. The number of hydrogen-bond acceptors (Lipinski definition) is 3. The Labute approximate surface area is 101 Å². The van der Waals surface area contributed by atoms with E-state index in [2.05, 4.69) is 15.5 Å². The Bertz CT molecular complexity index is 356. The van der Waals surface area contributed by atoms with Crippen LogP contribution in [0.2, 0.25) is 0 Å². The zero-order valence-corrected chi connectivity index (χ0v) is 9.91. The van der Waals surface area contributed by atoms with Crippen molar-refractivity contribution in [2.24, 2.45) is 5.41 Å². The van der Waals surface area contributed by atoms with Gasteiger partial charge in [-0.2, -0.15) is 5.10 Å². The number of aromatic amines is 1. The fraction of sp³-hybridized carbons (Fsp3) is 0.667. The molecule has 1 aliphatic rings. The third kappa shape index (κ3) is 2.85. The van der Waals surface area contributed by atoms with Gasteiger partial charge in [-0.15, -0.1) is 0 Å². The molecule has 5 nitrogen and oxygen atoms in total. The molecule has 5 heteroatoms. The number of carbonyl (C=O) groups excluding carboxylic acids is 1. The second kappa shape index (κ2) is 5.31. The summed E-state index contributed by atoms with van der Waals surface area (Å²) >= 11 is 0.